The van der Waals surface area contributed by atoms with Gasteiger partial charge in [-0.1, -0.05) is 41.1 Å². The molecular formula is C18H19N3OS. The Kier molecular flexibility index (Phi) is 4.67. The van der Waals surface area contributed by atoms with Gasteiger partial charge < -0.3 is 4.42 Å². The molecule has 3 rings (SSSR count). The average Bonchev–Trinajstić information content (AvgIpc) is 3.11. The predicted molar refractivity (Wildman–Crippen MR) is 94.2 cm³/mol. The van der Waals surface area contributed by atoms with Crippen molar-refractivity contribution in [2.24, 2.45) is 0 Å². The first-order valence-corrected chi connectivity index (χ1v) is 8.44. The van der Waals surface area contributed by atoms with E-state index in [-0.39, 0.29) is 0 Å². The third kappa shape index (κ3) is 4.36. The normalized spacial score (nSPS) is 11.4. The van der Waals surface area contributed by atoms with E-state index < -0.39 is 0 Å². The van der Waals surface area contributed by atoms with E-state index in [1.807, 2.05) is 31.2 Å². The Morgan fingerprint density at radius 3 is 2.57 bits per heavy atom. The van der Waals surface area contributed by atoms with Crippen LogP contribution in [0.4, 0.5) is 0 Å². The van der Waals surface area contributed by atoms with Crippen molar-refractivity contribution >= 4 is 23.9 Å². The van der Waals surface area contributed by atoms with E-state index >= 15 is 0 Å². The van der Waals surface area contributed by atoms with Crippen LogP contribution < -0.4 is 0 Å². The fraction of sp³-hybridized carbons (Fsp3) is 0.222. The molecule has 0 amide bonds. The molecule has 2 heterocycles. The number of rotatable bonds is 5. The van der Waals surface area contributed by atoms with Gasteiger partial charge in [0, 0.05) is 5.75 Å². The Hall–Kier alpha value is -2.27. The van der Waals surface area contributed by atoms with Crippen molar-refractivity contribution in [1.82, 2.24) is 15.2 Å². The van der Waals surface area contributed by atoms with Crippen LogP contribution in [0.1, 0.15) is 34.0 Å². The van der Waals surface area contributed by atoms with E-state index in [9.17, 15) is 0 Å². The van der Waals surface area contributed by atoms with Gasteiger partial charge in [-0.15, -0.1) is 5.10 Å². The van der Waals surface area contributed by atoms with Crippen molar-refractivity contribution in [1.29, 1.82) is 0 Å². The summed E-state index contributed by atoms with van der Waals surface area (Å²) in [6.45, 7) is 6.16. The summed E-state index contributed by atoms with van der Waals surface area (Å²) in [5, 5.41) is 7.92. The first kappa shape index (κ1) is 15.6. The summed E-state index contributed by atoms with van der Waals surface area (Å²) in [7, 11) is 0. The topological polar surface area (TPSA) is 54.7 Å². The van der Waals surface area contributed by atoms with E-state index in [2.05, 4.69) is 47.2 Å². The molecule has 0 saturated carbocycles. The highest BCUT2D eigenvalue weighted by Crippen LogP contribution is 2.21. The molecule has 0 aliphatic rings. The van der Waals surface area contributed by atoms with Gasteiger partial charge in [0.2, 0.25) is 5.16 Å². The number of aromatic nitrogens is 3. The van der Waals surface area contributed by atoms with Gasteiger partial charge in [-0.3, -0.25) is 5.10 Å². The molecule has 1 aromatic carbocycles. The first-order valence-electron chi connectivity index (χ1n) is 7.45. The minimum atomic E-state index is 0.724. The molecule has 0 radical (unpaired) electrons. The zero-order valence-corrected chi connectivity index (χ0v) is 14.3. The molecular weight excluding hydrogens is 306 g/mol. The summed E-state index contributed by atoms with van der Waals surface area (Å²) >= 11 is 1.63. The third-order valence-corrected chi connectivity index (χ3v) is 4.22. The SMILES string of the molecule is Cc1cc(C)cc(CSc2n[nH]c(/C=C/c3ccc(C)o3)n2)c1. The molecule has 0 spiro atoms. The lowest BCUT2D eigenvalue weighted by atomic mass is 10.1. The van der Waals surface area contributed by atoms with Crippen molar-refractivity contribution in [3.8, 4) is 0 Å². The fourth-order valence-corrected chi connectivity index (χ4v) is 3.14. The number of nitrogens with zero attached hydrogens (tertiary/aromatic N) is 2. The number of hydrogen-bond acceptors (Lipinski definition) is 4. The molecule has 0 fully saturated rings. The minimum absolute atomic E-state index is 0.724. The highest BCUT2D eigenvalue weighted by atomic mass is 32.2. The summed E-state index contributed by atoms with van der Waals surface area (Å²) in [6, 6.07) is 10.4. The maximum Gasteiger partial charge on any atom is 0.209 e. The largest absolute Gasteiger partial charge is 0.462 e. The van der Waals surface area contributed by atoms with Crippen LogP contribution >= 0.6 is 11.8 Å². The van der Waals surface area contributed by atoms with Gasteiger partial charge in [0.25, 0.3) is 0 Å². The summed E-state index contributed by atoms with van der Waals surface area (Å²) in [5.74, 6) is 3.29. The highest BCUT2D eigenvalue weighted by Gasteiger charge is 2.04. The maximum absolute atomic E-state index is 5.49. The quantitative estimate of drug-likeness (QED) is 0.686. The zero-order valence-electron chi connectivity index (χ0n) is 13.5. The first-order chi connectivity index (χ1) is 11.1. The number of furan rings is 1. The van der Waals surface area contributed by atoms with E-state index in [0.717, 1.165) is 28.3 Å². The Morgan fingerprint density at radius 2 is 1.87 bits per heavy atom. The lowest BCUT2D eigenvalue weighted by Crippen LogP contribution is -1.86. The van der Waals surface area contributed by atoms with Crippen molar-refractivity contribution in [3.05, 3.63) is 64.4 Å². The lowest BCUT2D eigenvalue weighted by Gasteiger charge is -2.02. The number of hydrogen-bond donors (Lipinski definition) is 1. The van der Waals surface area contributed by atoms with E-state index in [4.69, 9.17) is 4.42 Å². The third-order valence-electron chi connectivity index (χ3n) is 3.30. The zero-order chi connectivity index (χ0) is 16.2. The van der Waals surface area contributed by atoms with Gasteiger partial charge >= 0.3 is 0 Å². The van der Waals surface area contributed by atoms with Gasteiger partial charge in [0.1, 0.15) is 17.3 Å². The molecule has 0 atom stereocenters. The van der Waals surface area contributed by atoms with Crippen LogP contribution in [0.5, 0.6) is 0 Å². The molecule has 1 N–H and O–H groups in total. The fourth-order valence-electron chi connectivity index (χ4n) is 2.40. The van der Waals surface area contributed by atoms with Crippen LogP contribution in [0.2, 0.25) is 0 Å². The summed E-state index contributed by atoms with van der Waals surface area (Å²) in [4.78, 5) is 4.46. The van der Waals surface area contributed by atoms with Crippen molar-refractivity contribution < 1.29 is 4.42 Å². The summed E-state index contributed by atoms with van der Waals surface area (Å²) in [5.41, 5.74) is 3.86. The molecule has 0 saturated heterocycles. The molecule has 5 heteroatoms. The minimum Gasteiger partial charge on any atom is -0.462 e. The molecule has 23 heavy (non-hydrogen) atoms. The Bertz CT molecular complexity index is 812. The number of aromatic amines is 1. The number of aryl methyl sites for hydroxylation is 3. The average molecular weight is 325 g/mol. The molecule has 4 nitrogen and oxygen atoms in total. The second-order valence-electron chi connectivity index (χ2n) is 5.57. The van der Waals surface area contributed by atoms with Crippen LogP contribution in [0, 0.1) is 20.8 Å². The number of H-pyrrole nitrogens is 1. The van der Waals surface area contributed by atoms with Gasteiger partial charge in [-0.05, 0) is 50.6 Å². The van der Waals surface area contributed by atoms with Crippen LogP contribution in [0.15, 0.2) is 39.9 Å². The second-order valence-corrected chi connectivity index (χ2v) is 6.51. The molecule has 0 aliphatic heterocycles. The van der Waals surface area contributed by atoms with Crippen molar-refractivity contribution in [2.75, 3.05) is 0 Å². The Balaban J connectivity index is 1.62. The van der Waals surface area contributed by atoms with Crippen molar-refractivity contribution in [3.63, 3.8) is 0 Å². The molecule has 0 aliphatic carbocycles. The van der Waals surface area contributed by atoms with Crippen LogP contribution in [0.3, 0.4) is 0 Å². The summed E-state index contributed by atoms with van der Waals surface area (Å²) < 4.78 is 5.49. The predicted octanol–water partition coefficient (Wildman–Crippen LogP) is 4.79. The standard InChI is InChI=1S/C18H19N3OS/c1-12-8-13(2)10-15(9-12)11-23-18-19-17(20-21-18)7-6-16-5-4-14(3)22-16/h4-10H,11H2,1-3H3,(H,19,20,21)/b7-6+. The number of benzene rings is 1. The highest BCUT2D eigenvalue weighted by molar-refractivity contribution is 7.98. The maximum atomic E-state index is 5.49. The molecule has 0 unspecified atom stereocenters. The Labute approximate surface area is 140 Å². The van der Waals surface area contributed by atoms with E-state index in [1.54, 1.807) is 11.8 Å². The number of nitrogens with one attached hydrogen (secondary N) is 1. The van der Waals surface area contributed by atoms with Gasteiger partial charge in [0.15, 0.2) is 0 Å². The Morgan fingerprint density at radius 1 is 1.09 bits per heavy atom. The van der Waals surface area contributed by atoms with E-state index in [0.29, 0.717) is 0 Å². The van der Waals surface area contributed by atoms with E-state index in [1.165, 1.54) is 16.7 Å². The number of thioether (sulfide) groups is 1. The molecule has 0 bridgehead atoms. The van der Waals surface area contributed by atoms with Gasteiger partial charge in [-0.25, -0.2) is 4.98 Å². The van der Waals surface area contributed by atoms with Crippen LogP contribution in [0.25, 0.3) is 12.2 Å². The van der Waals surface area contributed by atoms with Crippen molar-refractivity contribution in [2.45, 2.75) is 31.7 Å². The molecule has 118 valence electrons. The molecule has 3 aromatic rings. The van der Waals surface area contributed by atoms with Gasteiger partial charge in [0.05, 0.1) is 0 Å². The van der Waals surface area contributed by atoms with Gasteiger partial charge in [-0.2, -0.15) is 0 Å². The lowest BCUT2D eigenvalue weighted by molar-refractivity contribution is 0.525. The molecule has 2 aromatic heterocycles. The second kappa shape index (κ2) is 6.87. The van der Waals surface area contributed by atoms with Crippen LogP contribution in [-0.2, 0) is 5.75 Å². The monoisotopic (exact) mass is 325 g/mol. The van der Waals surface area contributed by atoms with Crippen LogP contribution in [-0.4, -0.2) is 15.2 Å². The smallest absolute Gasteiger partial charge is 0.209 e. The summed E-state index contributed by atoms with van der Waals surface area (Å²) in [6.07, 6.45) is 3.75.